The number of hydrogen-bond acceptors (Lipinski definition) is 0. The quantitative estimate of drug-likeness (QED) is 0.601. The molecule has 0 rings (SSSR count). The van der Waals surface area contributed by atoms with Crippen molar-refractivity contribution >= 4 is 0 Å². The van der Waals surface area contributed by atoms with Crippen molar-refractivity contribution in [2.75, 3.05) is 0 Å². The first-order chi connectivity index (χ1) is 8.39. The summed E-state index contributed by atoms with van der Waals surface area (Å²) >= 11 is 0. The molecule has 0 fully saturated rings. The van der Waals surface area contributed by atoms with Crippen molar-refractivity contribution in [2.45, 2.75) is 24.2 Å². The highest BCUT2D eigenvalue weighted by Crippen LogP contribution is 2.41. The van der Waals surface area contributed by atoms with Gasteiger partial charge in [0.15, 0.2) is 11.7 Å². The average Bonchev–Trinajstić information content (AvgIpc) is 2.14. The molecule has 0 N–H and O–H groups in total. The molecule has 0 aliphatic heterocycles. The SMILES string of the molecule is C=C(F)C(F)(F)C(F)(F)F.C=C(F)C(F)(F)C(F)(F)F. The molecule has 0 amide bonds. The van der Waals surface area contributed by atoms with E-state index in [1.165, 1.54) is 0 Å². The fourth-order valence-corrected chi connectivity index (χ4v) is 0.308. The van der Waals surface area contributed by atoms with Crippen LogP contribution >= 0.6 is 0 Å². The molecular formula is C8H4F12. The lowest BCUT2D eigenvalue weighted by Crippen LogP contribution is -2.36. The molecular weight excluding hydrogens is 324 g/mol. The van der Waals surface area contributed by atoms with Crippen molar-refractivity contribution in [2.24, 2.45) is 0 Å². The van der Waals surface area contributed by atoms with Gasteiger partial charge in [-0.2, -0.15) is 43.9 Å². The van der Waals surface area contributed by atoms with Gasteiger partial charge in [-0.3, -0.25) is 0 Å². The van der Waals surface area contributed by atoms with Crippen LogP contribution in [-0.4, -0.2) is 24.2 Å². The molecule has 0 saturated heterocycles. The van der Waals surface area contributed by atoms with Crippen LogP contribution in [0, 0.1) is 0 Å². The third kappa shape index (κ3) is 4.96. The van der Waals surface area contributed by atoms with Gasteiger partial charge in [-0.1, -0.05) is 13.2 Å². The Hall–Kier alpha value is -1.36. The van der Waals surface area contributed by atoms with Gasteiger partial charge in [0.1, 0.15) is 0 Å². The standard InChI is InChI=1S/2C4H2F6/c2*1-2(5)3(6,7)4(8,9)10/h2*1H2. The number of hydrogen-bond donors (Lipinski definition) is 0. The van der Waals surface area contributed by atoms with E-state index in [0.717, 1.165) is 0 Å². The molecule has 0 aromatic heterocycles. The summed E-state index contributed by atoms with van der Waals surface area (Å²) in [7, 11) is 0. The predicted molar refractivity (Wildman–Crippen MR) is 42.5 cm³/mol. The first kappa shape index (κ1) is 20.9. The highest BCUT2D eigenvalue weighted by atomic mass is 19.4. The Balaban J connectivity index is 0. The fraction of sp³-hybridized carbons (Fsp3) is 0.500. The lowest BCUT2D eigenvalue weighted by Gasteiger charge is -2.16. The largest absolute Gasteiger partial charge is 0.460 e. The zero-order chi connectivity index (χ0) is 17.2. The monoisotopic (exact) mass is 328 g/mol. The summed E-state index contributed by atoms with van der Waals surface area (Å²) in [6.45, 7) is 3.71. The summed E-state index contributed by atoms with van der Waals surface area (Å²) in [5.41, 5.74) is 0. The van der Waals surface area contributed by atoms with Gasteiger partial charge >= 0.3 is 24.2 Å². The summed E-state index contributed by atoms with van der Waals surface area (Å²) in [4.78, 5) is 0. The topological polar surface area (TPSA) is 0 Å². The van der Waals surface area contributed by atoms with E-state index in [0.29, 0.717) is 0 Å². The summed E-state index contributed by atoms with van der Waals surface area (Å²) < 4.78 is 135. The summed E-state index contributed by atoms with van der Waals surface area (Å²) in [6.07, 6.45) is -11.8. The highest BCUT2D eigenvalue weighted by molar-refractivity contribution is 5.02. The van der Waals surface area contributed by atoms with Crippen LogP contribution in [0.15, 0.2) is 24.8 Å². The second-order valence-corrected chi connectivity index (χ2v) is 2.95. The van der Waals surface area contributed by atoms with Crippen molar-refractivity contribution in [3.05, 3.63) is 24.8 Å². The summed E-state index contributed by atoms with van der Waals surface area (Å²) in [5, 5.41) is 0. The number of rotatable bonds is 2. The van der Waals surface area contributed by atoms with Gasteiger partial charge in [-0.05, 0) is 0 Å². The zero-order valence-electron chi connectivity index (χ0n) is 8.95. The molecule has 0 radical (unpaired) electrons. The minimum Gasteiger partial charge on any atom is -0.205 e. The molecule has 0 unspecified atom stereocenters. The maximum absolute atomic E-state index is 11.5. The van der Waals surface area contributed by atoms with Gasteiger partial charge in [0.05, 0.1) is 0 Å². The van der Waals surface area contributed by atoms with E-state index >= 15 is 0 Å². The minimum absolute atomic E-state index is 1.86. The van der Waals surface area contributed by atoms with Crippen molar-refractivity contribution < 1.29 is 52.7 Å². The second-order valence-electron chi connectivity index (χ2n) is 2.95. The van der Waals surface area contributed by atoms with Crippen molar-refractivity contribution in [1.29, 1.82) is 0 Å². The normalized spacial score (nSPS) is 13.4. The average molecular weight is 328 g/mol. The molecule has 0 aromatic rings. The third-order valence-electron chi connectivity index (χ3n) is 1.39. The summed E-state index contributed by atoms with van der Waals surface area (Å²) in [6, 6.07) is 0. The predicted octanol–water partition coefficient (Wildman–Crippen LogP) is 5.33. The Morgan fingerprint density at radius 2 is 0.650 bits per heavy atom. The molecule has 0 saturated carbocycles. The van der Waals surface area contributed by atoms with Crippen LogP contribution in [-0.2, 0) is 0 Å². The maximum atomic E-state index is 11.5. The first-order valence-electron chi connectivity index (χ1n) is 3.97. The molecule has 12 heteroatoms. The Bertz CT molecular complexity index is 321. The zero-order valence-corrected chi connectivity index (χ0v) is 8.95. The second kappa shape index (κ2) is 5.95. The van der Waals surface area contributed by atoms with E-state index in [9.17, 15) is 52.7 Å². The molecule has 120 valence electrons. The molecule has 0 heterocycles. The highest BCUT2D eigenvalue weighted by Gasteiger charge is 2.61. The molecule has 0 spiro atoms. The van der Waals surface area contributed by atoms with Crippen molar-refractivity contribution in [3.8, 4) is 0 Å². The van der Waals surface area contributed by atoms with E-state index in [1.807, 2.05) is 13.2 Å². The smallest absolute Gasteiger partial charge is 0.205 e. The molecule has 0 aliphatic carbocycles. The van der Waals surface area contributed by atoms with E-state index in [4.69, 9.17) is 0 Å². The van der Waals surface area contributed by atoms with Crippen LogP contribution in [0.4, 0.5) is 52.7 Å². The fourth-order valence-electron chi connectivity index (χ4n) is 0.308. The molecule has 20 heavy (non-hydrogen) atoms. The van der Waals surface area contributed by atoms with Gasteiger partial charge in [0.2, 0.25) is 0 Å². The van der Waals surface area contributed by atoms with Crippen molar-refractivity contribution in [1.82, 2.24) is 0 Å². The van der Waals surface area contributed by atoms with Gasteiger partial charge in [0, 0.05) is 0 Å². The van der Waals surface area contributed by atoms with Gasteiger partial charge < -0.3 is 0 Å². The Labute approximate surface area is 103 Å². The van der Waals surface area contributed by atoms with E-state index < -0.39 is 35.9 Å². The third-order valence-corrected chi connectivity index (χ3v) is 1.39. The molecule has 0 aliphatic rings. The number of allylic oxidation sites excluding steroid dienone is 2. The first-order valence-corrected chi connectivity index (χ1v) is 3.97. The van der Waals surface area contributed by atoms with E-state index in [2.05, 4.69) is 0 Å². The Morgan fingerprint density at radius 1 is 0.500 bits per heavy atom. The molecule has 0 atom stereocenters. The van der Waals surface area contributed by atoms with Crippen LogP contribution in [0.2, 0.25) is 0 Å². The Kier molecular flexibility index (Phi) is 6.24. The van der Waals surface area contributed by atoms with E-state index in [1.54, 1.807) is 0 Å². The molecule has 0 aromatic carbocycles. The molecule has 0 nitrogen and oxygen atoms in total. The van der Waals surface area contributed by atoms with Crippen LogP contribution < -0.4 is 0 Å². The lowest BCUT2D eigenvalue weighted by molar-refractivity contribution is -0.270. The number of alkyl halides is 10. The van der Waals surface area contributed by atoms with Gasteiger partial charge in [-0.25, -0.2) is 8.78 Å². The van der Waals surface area contributed by atoms with Crippen LogP contribution in [0.1, 0.15) is 0 Å². The summed E-state index contributed by atoms with van der Waals surface area (Å²) in [5.74, 6) is -16.2. The van der Waals surface area contributed by atoms with Crippen molar-refractivity contribution in [3.63, 3.8) is 0 Å². The van der Waals surface area contributed by atoms with Crippen LogP contribution in [0.5, 0.6) is 0 Å². The Morgan fingerprint density at radius 3 is 0.650 bits per heavy atom. The van der Waals surface area contributed by atoms with E-state index in [-0.39, 0.29) is 0 Å². The van der Waals surface area contributed by atoms with Gasteiger partial charge in [0.25, 0.3) is 0 Å². The van der Waals surface area contributed by atoms with Gasteiger partial charge in [-0.15, -0.1) is 0 Å². The lowest BCUT2D eigenvalue weighted by atomic mass is 10.3. The van der Waals surface area contributed by atoms with Crippen LogP contribution in [0.25, 0.3) is 0 Å². The molecule has 0 bridgehead atoms. The minimum atomic E-state index is -5.89. The van der Waals surface area contributed by atoms with Crippen LogP contribution in [0.3, 0.4) is 0 Å². The number of halogens is 12. The maximum Gasteiger partial charge on any atom is 0.460 e.